The second-order valence-corrected chi connectivity index (χ2v) is 8.32. The molecular weight excluding hydrogens is 300 g/mol. The van der Waals surface area contributed by atoms with Gasteiger partial charge in [0, 0.05) is 26.7 Å². The van der Waals surface area contributed by atoms with Crippen molar-refractivity contribution in [1.29, 1.82) is 0 Å². The third-order valence-electron chi connectivity index (χ3n) is 4.31. The normalized spacial score (nSPS) is 17.0. The van der Waals surface area contributed by atoms with E-state index in [2.05, 4.69) is 18.9 Å². The lowest BCUT2D eigenvalue weighted by Crippen LogP contribution is -2.34. The van der Waals surface area contributed by atoms with Gasteiger partial charge in [-0.15, -0.1) is 0 Å². The lowest BCUT2D eigenvalue weighted by Gasteiger charge is -2.24. The number of rotatable bonds is 8. The van der Waals surface area contributed by atoms with E-state index >= 15 is 0 Å². The molecule has 6 heteroatoms. The monoisotopic (exact) mass is 326 g/mol. The van der Waals surface area contributed by atoms with Crippen LogP contribution in [0.15, 0.2) is 29.2 Å². The molecule has 1 aromatic carbocycles. The number of benzene rings is 1. The molecule has 0 radical (unpaired) electrons. The zero-order valence-electron chi connectivity index (χ0n) is 13.8. The Bertz CT molecular complexity index is 580. The van der Waals surface area contributed by atoms with Gasteiger partial charge in [-0.25, -0.2) is 12.7 Å². The van der Waals surface area contributed by atoms with E-state index in [1.807, 2.05) is 0 Å². The highest BCUT2D eigenvalue weighted by atomic mass is 32.2. The Morgan fingerprint density at radius 3 is 2.27 bits per heavy atom. The number of sulfonamides is 1. The molecule has 1 aliphatic carbocycles. The minimum Gasteiger partial charge on any atom is -0.492 e. The SMILES string of the molecule is CC(C1CC1)N(C)CCOc1ccc(S(=O)(=O)N(C)C)cc1. The van der Waals surface area contributed by atoms with E-state index in [9.17, 15) is 8.42 Å². The molecule has 0 saturated heterocycles. The fraction of sp³-hybridized carbons (Fsp3) is 0.625. The number of hydrogen-bond donors (Lipinski definition) is 0. The molecule has 1 aromatic rings. The molecule has 1 unspecified atom stereocenters. The van der Waals surface area contributed by atoms with Crippen molar-refractivity contribution in [3.63, 3.8) is 0 Å². The van der Waals surface area contributed by atoms with E-state index in [1.54, 1.807) is 24.3 Å². The first kappa shape index (κ1) is 17.2. The second-order valence-electron chi connectivity index (χ2n) is 6.17. The van der Waals surface area contributed by atoms with Crippen LogP contribution in [0.25, 0.3) is 0 Å². The predicted octanol–water partition coefficient (Wildman–Crippen LogP) is 2.05. The van der Waals surface area contributed by atoms with Crippen LogP contribution in [0, 0.1) is 5.92 Å². The van der Waals surface area contributed by atoms with E-state index < -0.39 is 10.0 Å². The quantitative estimate of drug-likeness (QED) is 0.733. The molecule has 1 saturated carbocycles. The van der Waals surface area contributed by atoms with E-state index in [4.69, 9.17) is 4.74 Å². The topological polar surface area (TPSA) is 49.9 Å². The molecule has 0 amide bonds. The number of nitrogens with zero attached hydrogens (tertiary/aromatic N) is 2. The molecule has 1 fully saturated rings. The van der Waals surface area contributed by atoms with Crippen LogP contribution in [0.4, 0.5) is 0 Å². The maximum Gasteiger partial charge on any atom is 0.242 e. The molecule has 2 rings (SSSR count). The number of likely N-dealkylation sites (N-methyl/N-ethyl adjacent to an activating group) is 1. The first-order valence-electron chi connectivity index (χ1n) is 7.68. The van der Waals surface area contributed by atoms with Crippen LogP contribution in [0.3, 0.4) is 0 Å². The Kier molecular flexibility index (Phi) is 5.47. The predicted molar refractivity (Wildman–Crippen MR) is 87.6 cm³/mol. The molecule has 22 heavy (non-hydrogen) atoms. The highest BCUT2D eigenvalue weighted by Gasteiger charge is 2.30. The fourth-order valence-corrected chi connectivity index (χ4v) is 3.27. The molecule has 1 atom stereocenters. The van der Waals surface area contributed by atoms with Crippen molar-refractivity contribution in [2.24, 2.45) is 5.92 Å². The molecule has 0 heterocycles. The van der Waals surface area contributed by atoms with Gasteiger partial charge in [0.15, 0.2) is 0 Å². The Labute approximate surface area is 133 Å². The summed E-state index contributed by atoms with van der Waals surface area (Å²) in [6.07, 6.45) is 2.68. The first-order valence-corrected chi connectivity index (χ1v) is 9.12. The van der Waals surface area contributed by atoms with E-state index in [0.29, 0.717) is 18.4 Å². The van der Waals surface area contributed by atoms with Gasteiger partial charge in [-0.2, -0.15) is 0 Å². The van der Waals surface area contributed by atoms with Gasteiger partial charge < -0.3 is 9.64 Å². The minimum atomic E-state index is -3.37. The van der Waals surface area contributed by atoms with Crippen LogP contribution >= 0.6 is 0 Å². The van der Waals surface area contributed by atoms with Crippen molar-refractivity contribution >= 4 is 10.0 Å². The third kappa shape index (κ3) is 4.21. The van der Waals surface area contributed by atoms with Gasteiger partial charge in [0.1, 0.15) is 12.4 Å². The van der Waals surface area contributed by atoms with Gasteiger partial charge in [0.05, 0.1) is 4.90 Å². The lowest BCUT2D eigenvalue weighted by atomic mass is 10.2. The average Bonchev–Trinajstić information content (AvgIpc) is 3.31. The summed E-state index contributed by atoms with van der Waals surface area (Å²) < 4.78 is 30.8. The Morgan fingerprint density at radius 1 is 1.18 bits per heavy atom. The summed E-state index contributed by atoms with van der Waals surface area (Å²) in [7, 11) is 1.80. The van der Waals surface area contributed by atoms with Crippen molar-refractivity contribution in [2.75, 3.05) is 34.3 Å². The van der Waals surface area contributed by atoms with Gasteiger partial charge in [-0.05, 0) is 57.0 Å². The van der Waals surface area contributed by atoms with Crippen LogP contribution in [-0.4, -0.2) is 58.0 Å². The highest BCUT2D eigenvalue weighted by Crippen LogP contribution is 2.34. The number of hydrogen-bond acceptors (Lipinski definition) is 4. The summed E-state index contributed by atoms with van der Waals surface area (Å²) in [6.45, 7) is 3.74. The van der Waals surface area contributed by atoms with E-state index in [-0.39, 0.29) is 4.90 Å². The van der Waals surface area contributed by atoms with Crippen LogP contribution in [0.2, 0.25) is 0 Å². The highest BCUT2D eigenvalue weighted by molar-refractivity contribution is 7.89. The zero-order chi connectivity index (χ0) is 16.3. The van der Waals surface area contributed by atoms with E-state index in [1.165, 1.54) is 31.2 Å². The maximum atomic E-state index is 12.0. The molecule has 0 spiro atoms. The van der Waals surface area contributed by atoms with Crippen LogP contribution in [-0.2, 0) is 10.0 Å². The van der Waals surface area contributed by atoms with Gasteiger partial charge in [0.25, 0.3) is 0 Å². The Morgan fingerprint density at radius 2 is 1.77 bits per heavy atom. The Hall–Kier alpha value is -1.11. The smallest absolute Gasteiger partial charge is 0.242 e. The van der Waals surface area contributed by atoms with Gasteiger partial charge >= 0.3 is 0 Å². The molecule has 0 aromatic heterocycles. The summed E-state index contributed by atoms with van der Waals surface area (Å²) in [5.41, 5.74) is 0. The molecular formula is C16H26N2O3S. The van der Waals surface area contributed by atoms with Crippen molar-refractivity contribution in [1.82, 2.24) is 9.21 Å². The summed E-state index contributed by atoms with van der Waals surface area (Å²) in [5.74, 6) is 1.55. The minimum absolute atomic E-state index is 0.282. The summed E-state index contributed by atoms with van der Waals surface area (Å²) in [4.78, 5) is 2.60. The lowest BCUT2D eigenvalue weighted by molar-refractivity contribution is 0.186. The van der Waals surface area contributed by atoms with Crippen LogP contribution in [0.5, 0.6) is 5.75 Å². The van der Waals surface area contributed by atoms with Gasteiger partial charge in [-0.1, -0.05) is 0 Å². The Balaban J connectivity index is 1.84. The summed E-state index contributed by atoms with van der Waals surface area (Å²) >= 11 is 0. The largest absolute Gasteiger partial charge is 0.492 e. The van der Waals surface area contributed by atoms with Crippen LogP contribution in [0.1, 0.15) is 19.8 Å². The zero-order valence-corrected chi connectivity index (χ0v) is 14.6. The van der Waals surface area contributed by atoms with Crippen molar-refractivity contribution < 1.29 is 13.2 Å². The van der Waals surface area contributed by atoms with Crippen molar-refractivity contribution in [2.45, 2.75) is 30.7 Å². The standard InChI is InChI=1S/C16H26N2O3S/c1-13(14-5-6-14)18(4)11-12-21-15-7-9-16(10-8-15)22(19,20)17(2)3/h7-10,13-14H,5-6,11-12H2,1-4H3. The molecule has 0 aliphatic heterocycles. The van der Waals surface area contributed by atoms with Gasteiger partial charge in [-0.3, -0.25) is 0 Å². The van der Waals surface area contributed by atoms with E-state index in [0.717, 1.165) is 12.5 Å². The van der Waals surface area contributed by atoms with Crippen molar-refractivity contribution in [3.05, 3.63) is 24.3 Å². The maximum absolute atomic E-state index is 12.0. The fourth-order valence-electron chi connectivity index (χ4n) is 2.37. The first-order chi connectivity index (χ1) is 10.3. The third-order valence-corrected chi connectivity index (χ3v) is 6.14. The molecule has 0 bridgehead atoms. The molecule has 5 nitrogen and oxygen atoms in total. The average molecular weight is 326 g/mol. The molecule has 124 valence electrons. The van der Waals surface area contributed by atoms with Gasteiger partial charge in [0.2, 0.25) is 10.0 Å². The van der Waals surface area contributed by atoms with Crippen LogP contribution < -0.4 is 4.74 Å². The number of ether oxygens (including phenoxy) is 1. The molecule has 0 N–H and O–H groups in total. The molecule has 1 aliphatic rings. The summed E-state index contributed by atoms with van der Waals surface area (Å²) in [5, 5.41) is 0. The second kappa shape index (κ2) is 6.98. The summed E-state index contributed by atoms with van der Waals surface area (Å²) in [6, 6.07) is 7.19. The van der Waals surface area contributed by atoms with Crippen molar-refractivity contribution in [3.8, 4) is 5.75 Å².